The Hall–Kier alpha value is -0.300. The Morgan fingerprint density at radius 2 is 1.88 bits per heavy atom. The number of hydrogen-bond donors (Lipinski definition) is 1. The second kappa shape index (κ2) is 2.88. The Balaban J connectivity index is 3.52. The average molecular weight is 113 g/mol. The largest absolute Gasteiger partial charge is 0.327 e. The predicted octanol–water partition coefficient (Wildman–Crippen LogP) is 1.55. The van der Waals surface area contributed by atoms with Gasteiger partial charge in [-0.1, -0.05) is 32.9 Å². The smallest absolute Gasteiger partial charge is 0.0107 e. The molecule has 8 heavy (non-hydrogen) atoms. The maximum Gasteiger partial charge on any atom is 0.0107 e. The summed E-state index contributed by atoms with van der Waals surface area (Å²) in [6.45, 7) is 7.11. The van der Waals surface area contributed by atoms with Crippen molar-refractivity contribution in [3.8, 4) is 0 Å². The molecule has 0 aliphatic heterocycles. The number of hydrogen-bond acceptors (Lipinski definition) is 1. The minimum atomic E-state index is 0.291. The van der Waals surface area contributed by atoms with E-state index in [2.05, 4.69) is 26.8 Å². The van der Waals surface area contributed by atoms with Gasteiger partial charge in [0.15, 0.2) is 0 Å². The van der Waals surface area contributed by atoms with Gasteiger partial charge in [0, 0.05) is 6.54 Å². The molecule has 2 N–H and O–H groups in total. The molecule has 0 aromatic carbocycles. The van der Waals surface area contributed by atoms with Crippen molar-refractivity contribution in [2.75, 3.05) is 6.54 Å². The molecule has 0 bridgehead atoms. The highest BCUT2D eigenvalue weighted by molar-refractivity contribution is 4.92. The summed E-state index contributed by atoms with van der Waals surface area (Å²) in [6.07, 6.45) is 4.10. The van der Waals surface area contributed by atoms with Gasteiger partial charge in [-0.2, -0.15) is 0 Å². The van der Waals surface area contributed by atoms with Gasteiger partial charge in [-0.3, -0.25) is 0 Å². The monoisotopic (exact) mass is 113 g/mol. The van der Waals surface area contributed by atoms with Crippen LogP contribution in [0.15, 0.2) is 12.2 Å². The summed E-state index contributed by atoms with van der Waals surface area (Å²) in [5.74, 6) is 0. The van der Waals surface area contributed by atoms with E-state index in [4.69, 9.17) is 5.73 Å². The van der Waals surface area contributed by atoms with Crippen LogP contribution in [-0.4, -0.2) is 6.54 Å². The molecule has 1 heteroatoms. The van der Waals surface area contributed by atoms with Crippen molar-refractivity contribution in [1.82, 2.24) is 0 Å². The molecule has 0 aliphatic carbocycles. The summed E-state index contributed by atoms with van der Waals surface area (Å²) >= 11 is 0. The van der Waals surface area contributed by atoms with E-state index in [9.17, 15) is 0 Å². The molecule has 0 aliphatic rings. The summed E-state index contributed by atoms with van der Waals surface area (Å²) in [5, 5.41) is 0. The summed E-state index contributed by atoms with van der Waals surface area (Å²) in [7, 11) is 0. The molecule has 0 heterocycles. The molecule has 0 radical (unpaired) electrons. The van der Waals surface area contributed by atoms with Crippen molar-refractivity contribution in [3.05, 3.63) is 12.2 Å². The molecule has 0 unspecified atom stereocenters. The molecular weight excluding hydrogens is 98.1 g/mol. The lowest BCUT2D eigenvalue weighted by molar-refractivity contribution is 0.543. The molecule has 0 atom stereocenters. The van der Waals surface area contributed by atoms with Gasteiger partial charge in [0.2, 0.25) is 0 Å². The molecule has 0 amide bonds. The van der Waals surface area contributed by atoms with Gasteiger partial charge in [0.25, 0.3) is 0 Å². The van der Waals surface area contributed by atoms with E-state index in [-0.39, 0.29) is 0 Å². The Labute approximate surface area is 51.6 Å². The van der Waals surface area contributed by atoms with E-state index in [1.807, 2.05) is 6.08 Å². The van der Waals surface area contributed by atoms with E-state index in [0.29, 0.717) is 12.0 Å². The molecule has 0 saturated carbocycles. The van der Waals surface area contributed by atoms with Crippen molar-refractivity contribution in [2.24, 2.45) is 11.1 Å². The molecule has 0 aromatic heterocycles. The van der Waals surface area contributed by atoms with Crippen LogP contribution < -0.4 is 5.73 Å². The maximum atomic E-state index is 5.25. The fraction of sp³-hybridized carbons (Fsp3) is 0.714. The van der Waals surface area contributed by atoms with Crippen LogP contribution >= 0.6 is 0 Å². The summed E-state index contributed by atoms with van der Waals surface area (Å²) in [4.78, 5) is 0. The van der Waals surface area contributed by atoms with Crippen LogP contribution in [-0.2, 0) is 0 Å². The fourth-order valence-corrected chi connectivity index (χ4v) is 0.422. The van der Waals surface area contributed by atoms with Gasteiger partial charge >= 0.3 is 0 Å². The standard InChI is InChI=1S/C7H15N/c1-7(2,3)5-4-6-8/h4-5H,6,8H2,1-3H3/b5-4+. The third-order valence-corrected chi connectivity index (χ3v) is 0.754. The van der Waals surface area contributed by atoms with Crippen molar-refractivity contribution >= 4 is 0 Å². The first-order chi connectivity index (χ1) is 3.56. The van der Waals surface area contributed by atoms with Crippen LogP contribution in [0.25, 0.3) is 0 Å². The average Bonchev–Trinajstić information content (AvgIpc) is 1.59. The molecule has 0 rings (SSSR count). The second-order valence-corrected chi connectivity index (χ2v) is 3.00. The summed E-state index contributed by atoms with van der Waals surface area (Å²) in [6, 6.07) is 0. The minimum Gasteiger partial charge on any atom is -0.327 e. The van der Waals surface area contributed by atoms with Gasteiger partial charge in [-0.25, -0.2) is 0 Å². The lowest BCUT2D eigenvalue weighted by atomic mass is 9.96. The molecular formula is C7H15N. The Bertz CT molecular complexity index is 76.9. The normalized spacial score (nSPS) is 13.0. The zero-order valence-electron chi connectivity index (χ0n) is 5.94. The number of nitrogens with two attached hydrogens (primary N) is 1. The molecule has 0 fully saturated rings. The highest BCUT2D eigenvalue weighted by Crippen LogP contribution is 2.13. The quantitative estimate of drug-likeness (QED) is 0.513. The first kappa shape index (κ1) is 7.70. The third-order valence-electron chi connectivity index (χ3n) is 0.754. The molecule has 0 aromatic rings. The first-order valence-corrected chi connectivity index (χ1v) is 2.94. The van der Waals surface area contributed by atoms with Gasteiger partial charge in [0.1, 0.15) is 0 Å². The number of rotatable bonds is 1. The number of allylic oxidation sites excluding steroid dienone is 1. The van der Waals surface area contributed by atoms with Gasteiger partial charge in [-0.05, 0) is 5.41 Å². The molecule has 1 nitrogen and oxygen atoms in total. The fourth-order valence-electron chi connectivity index (χ4n) is 0.422. The maximum absolute atomic E-state index is 5.25. The van der Waals surface area contributed by atoms with Crippen LogP contribution in [0.4, 0.5) is 0 Å². The van der Waals surface area contributed by atoms with Crippen LogP contribution in [0.1, 0.15) is 20.8 Å². The SMILES string of the molecule is CC(C)(C)/C=C/CN. The highest BCUT2D eigenvalue weighted by Gasteiger charge is 2.01. The second-order valence-electron chi connectivity index (χ2n) is 3.00. The summed E-state index contributed by atoms with van der Waals surface area (Å²) < 4.78 is 0. The van der Waals surface area contributed by atoms with E-state index in [1.165, 1.54) is 0 Å². The topological polar surface area (TPSA) is 26.0 Å². The highest BCUT2D eigenvalue weighted by atomic mass is 14.5. The minimum absolute atomic E-state index is 0.291. The van der Waals surface area contributed by atoms with E-state index in [0.717, 1.165) is 0 Å². The Morgan fingerprint density at radius 3 is 2.00 bits per heavy atom. The van der Waals surface area contributed by atoms with Crippen LogP contribution in [0.3, 0.4) is 0 Å². The summed E-state index contributed by atoms with van der Waals surface area (Å²) in [5.41, 5.74) is 5.54. The van der Waals surface area contributed by atoms with E-state index < -0.39 is 0 Å². The molecule has 0 saturated heterocycles. The lowest BCUT2D eigenvalue weighted by Gasteiger charge is -2.10. The van der Waals surface area contributed by atoms with Crippen molar-refractivity contribution in [3.63, 3.8) is 0 Å². The molecule has 0 spiro atoms. The van der Waals surface area contributed by atoms with Crippen molar-refractivity contribution in [2.45, 2.75) is 20.8 Å². The van der Waals surface area contributed by atoms with Crippen LogP contribution in [0.5, 0.6) is 0 Å². The predicted molar refractivity (Wildman–Crippen MR) is 37.6 cm³/mol. The van der Waals surface area contributed by atoms with Gasteiger partial charge in [-0.15, -0.1) is 0 Å². The van der Waals surface area contributed by atoms with Crippen molar-refractivity contribution < 1.29 is 0 Å². The zero-order chi connectivity index (χ0) is 6.62. The lowest BCUT2D eigenvalue weighted by Crippen LogP contribution is -2.01. The van der Waals surface area contributed by atoms with Gasteiger partial charge < -0.3 is 5.73 Å². The van der Waals surface area contributed by atoms with E-state index >= 15 is 0 Å². The van der Waals surface area contributed by atoms with Gasteiger partial charge in [0.05, 0.1) is 0 Å². The Kier molecular flexibility index (Phi) is 2.77. The zero-order valence-corrected chi connectivity index (χ0v) is 5.94. The van der Waals surface area contributed by atoms with Crippen molar-refractivity contribution in [1.29, 1.82) is 0 Å². The van der Waals surface area contributed by atoms with Crippen LogP contribution in [0, 0.1) is 5.41 Å². The third kappa shape index (κ3) is 5.70. The van der Waals surface area contributed by atoms with E-state index in [1.54, 1.807) is 0 Å². The molecule has 48 valence electrons. The Morgan fingerprint density at radius 1 is 1.38 bits per heavy atom. The van der Waals surface area contributed by atoms with Crippen LogP contribution in [0.2, 0.25) is 0 Å². The first-order valence-electron chi connectivity index (χ1n) is 2.94.